The van der Waals surface area contributed by atoms with Gasteiger partial charge >= 0.3 is 0 Å². The van der Waals surface area contributed by atoms with Gasteiger partial charge in [0.25, 0.3) is 5.91 Å². The quantitative estimate of drug-likeness (QED) is 0.876. The Morgan fingerprint density at radius 2 is 2.30 bits per heavy atom. The molecule has 0 bridgehead atoms. The summed E-state index contributed by atoms with van der Waals surface area (Å²) in [5.41, 5.74) is 0.516. The van der Waals surface area contributed by atoms with E-state index in [-0.39, 0.29) is 5.91 Å². The summed E-state index contributed by atoms with van der Waals surface area (Å²) in [4.78, 5) is 16.3. The van der Waals surface area contributed by atoms with Crippen LogP contribution in [-0.4, -0.2) is 24.0 Å². The molecule has 20 heavy (non-hydrogen) atoms. The van der Waals surface area contributed by atoms with E-state index in [1.165, 1.54) is 19.3 Å². The molecule has 0 radical (unpaired) electrons. The SMILES string of the molecule is CCNc1ncc(C(=O)NCC2CCCC2C)cc1Cl. The summed E-state index contributed by atoms with van der Waals surface area (Å²) >= 11 is 6.10. The van der Waals surface area contributed by atoms with Crippen molar-refractivity contribution in [3.8, 4) is 0 Å². The molecule has 1 aromatic rings. The third-order valence-electron chi connectivity index (χ3n) is 4.01. The van der Waals surface area contributed by atoms with E-state index in [2.05, 4.69) is 22.5 Å². The highest BCUT2D eigenvalue weighted by atomic mass is 35.5. The Balaban J connectivity index is 1.93. The van der Waals surface area contributed by atoms with Crippen molar-refractivity contribution in [1.82, 2.24) is 10.3 Å². The van der Waals surface area contributed by atoms with Gasteiger partial charge in [0, 0.05) is 19.3 Å². The Hall–Kier alpha value is -1.29. The summed E-state index contributed by atoms with van der Waals surface area (Å²) in [6, 6.07) is 1.67. The maximum atomic E-state index is 12.1. The molecular formula is C15H22ClN3O. The monoisotopic (exact) mass is 295 g/mol. The maximum Gasteiger partial charge on any atom is 0.252 e. The molecule has 1 amide bonds. The first kappa shape index (κ1) is 15.1. The number of nitrogens with zero attached hydrogens (tertiary/aromatic N) is 1. The topological polar surface area (TPSA) is 54.0 Å². The first-order valence-electron chi connectivity index (χ1n) is 7.29. The zero-order valence-electron chi connectivity index (χ0n) is 12.1. The van der Waals surface area contributed by atoms with E-state index >= 15 is 0 Å². The second kappa shape index (κ2) is 6.93. The lowest BCUT2D eigenvalue weighted by atomic mass is 9.98. The molecule has 5 heteroatoms. The number of rotatable bonds is 5. The number of anilines is 1. The molecule has 1 aliphatic rings. The van der Waals surface area contributed by atoms with Crippen molar-refractivity contribution in [3.05, 3.63) is 22.8 Å². The van der Waals surface area contributed by atoms with Crippen LogP contribution in [0.15, 0.2) is 12.3 Å². The van der Waals surface area contributed by atoms with Gasteiger partial charge in [-0.15, -0.1) is 0 Å². The normalized spacial score (nSPS) is 21.8. The van der Waals surface area contributed by atoms with Gasteiger partial charge in [0.1, 0.15) is 5.82 Å². The molecular weight excluding hydrogens is 274 g/mol. The van der Waals surface area contributed by atoms with Crippen molar-refractivity contribution in [1.29, 1.82) is 0 Å². The van der Waals surface area contributed by atoms with Crippen LogP contribution in [0.4, 0.5) is 5.82 Å². The Bertz CT molecular complexity index is 478. The minimum Gasteiger partial charge on any atom is -0.369 e. The number of aromatic nitrogens is 1. The molecule has 0 saturated heterocycles. The van der Waals surface area contributed by atoms with Crippen LogP contribution in [0.1, 0.15) is 43.5 Å². The average molecular weight is 296 g/mol. The van der Waals surface area contributed by atoms with Crippen molar-refractivity contribution in [3.63, 3.8) is 0 Å². The number of amides is 1. The Morgan fingerprint density at radius 3 is 2.90 bits per heavy atom. The largest absolute Gasteiger partial charge is 0.369 e. The van der Waals surface area contributed by atoms with Gasteiger partial charge in [-0.05, 0) is 31.2 Å². The number of hydrogen-bond acceptors (Lipinski definition) is 3. The summed E-state index contributed by atoms with van der Waals surface area (Å²) in [5.74, 6) is 1.83. The molecule has 2 N–H and O–H groups in total. The molecule has 1 saturated carbocycles. The van der Waals surface area contributed by atoms with Gasteiger partial charge in [-0.1, -0.05) is 31.4 Å². The number of carbonyl (C=O) groups is 1. The maximum absolute atomic E-state index is 12.1. The standard InChI is InChI=1S/C15H22ClN3O/c1-3-17-14-13(16)7-12(9-18-14)15(20)19-8-11-6-4-5-10(11)2/h7,9-11H,3-6,8H2,1-2H3,(H,17,18)(H,19,20). The minimum absolute atomic E-state index is 0.0958. The fourth-order valence-electron chi connectivity index (χ4n) is 2.71. The lowest BCUT2D eigenvalue weighted by Crippen LogP contribution is -2.30. The smallest absolute Gasteiger partial charge is 0.252 e. The van der Waals surface area contributed by atoms with Gasteiger partial charge < -0.3 is 10.6 Å². The minimum atomic E-state index is -0.0958. The summed E-state index contributed by atoms with van der Waals surface area (Å²) < 4.78 is 0. The van der Waals surface area contributed by atoms with Crippen LogP contribution in [0.2, 0.25) is 5.02 Å². The molecule has 1 aromatic heterocycles. The number of halogens is 1. The van der Waals surface area contributed by atoms with E-state index in [0.717, 1.165) is 13.1 Å². The highest BCUT2D eigenvalue weighted by Gasteiger charge is 2.23. The molecule has 110 valence electrons. The predicted octanol–water partition coefficient (Wildman–Crippen LogP) is 3.33. The second-order valence-corrected chi connectivity index (χ2v) is 5.87. The van der Waals surface area contributed by atoms with Crippen molar-refractivity contribution in [2.24, 2.45) is 11.8 Å². The summed E-state index contributed by atoms with van der Waals surface area (Å²) in [6.07, 6.45) is 5.31. The van der Waals surface area contributed by atoms with Crippen LogP contribution >= 0.6 is 11.6 Å². The highest BCUT2D eigenvalue weighted by Crippen LogP contribution is 2.30. The van der Waals surface area contributed by atoms with E-state index < -0.39 is 0 Å². The molecule has 4 nitrogen and oxygen atoms in total. The zero-order chi connectivity index (χ0) is 14.5. The Labute approximate surface area is 125 Å². The van der Waals surface area contributed by atoms with Crippen LogP contribution < -0.4 is 10.6 Å². The van der Waals surface area contributed by atoms with E-state index in [0.29, 0.717) is 28.2 Å². The van der Waals surface area contributed by atoms with E-state index in [1.807, 2.05) is 6.92 Å². The zero-order valence-corrected chi connectivity index (χ0v) is 12.8. The number of nitrogens with one attached hydrogen (secondary N) is 2. The molecule has 2 unspecified atom stereocenters. The van der Waals surface area contributed by atoms with Gasteiger partial charge in [0.15, 0.2) is 0 Å². The van der Waals surface area contributed by atoms with E-state index in [4.69, 9.17) is 11.6 Å². The first-order valence-corrected chi connectivity index (χ1v) is 7.67. The van der Waals surface area contributed by atoms with Crippen LogP contribution in [0, 0.1) is 11.8 Å². The molecule has 0 aromatic carbocycles. The fourth-order valence-corrected chi connectivity index (χ4v) is 2.94. The summed E-state index contributed by atoms with van der Waals surface area (Å²) in [6.45, 7) is 5.72. The number of hydrogen-bond donors (Lipinski definition) is 2. The summed E-state index contributed by atoms with van der Waals surface area (Å²) in [5, 5.41) is 6.52. The van der Waals surface area contributed by atoms with E-state index in [1.54, 1.807) is 12.3 Å². The number of carbonyl (C=O) groups excluding carboxylic acids is 1. The molecule has 0 aliphatic heterocycles. The van der Waals surface area contributed by atoms with Crippen LogP contribution in [0.5, 0.6) is 0 Å². The lowest BCUT2D eigenvalue weighted by Gasteiger charge is -2.16. The highest BCUT2D eigenvalue weighted by molar-refractivity contribution is 6.33. The van der Waals surface area contributed by atoms with Crippen molar-refractivity contribution in [2.75, 3.05) is 18.4 Å². The van der Waals surface area contributed by atoms with Gasteiger partial charge in [-0.2, -0.15) is 0 Å². The second-order valence-electron chi connectivity index (χ2n) is 5.46. The van der Waals surface area contributed by atoms with Gasteiger partial charge in [-0.3, -0.25) is 4.79 Å². The van der Waals surface area contributed by atoms with Gasteiger partial charge in [0.05, 0.1) is 10.6 Å². The third-order valence-corrected chi connectivity index (χ3v) is 4.30. The first-order chi connectivity index (χ1) is 9.61. The molecule has 1 aliphatic carbocycles. The predicted molar refractivity (Wildman–Crippen MR) is 82.2 cm³/mol. The van der Waals surface area contributed by atoms with Gasteiger partial charge in [0.2, 0.25) is 0 Å². The fraction of sp³-hybridized carbons (Fsp3) is 0.600. The van der Waals surface area contributed by atoms with E-state index in [9.17, 15) is 4.79 Å². The molecule has 2 atom stereocenters. The molecule has 2 rings (SSSR count). The lowest BCUT2D eigenvalue weighted by molar-refractivity contribution is 0.0944. The number of pyridine rings is 1. The van der Waals surface area contributed by atoms with Crippen molar-refractivity contribution in [2.45, 2.75) is 33.1 Å². The summed E-state index contributed by atoms with van der Waals surface area (Å²) in [7, 11) is 0. The third kappa shape index (κ3) is 3.63. The van der Waals surface area contributed by atoms with Crippen molar-refractivity contribution < 1.29 is 4.79 Å². The molecule has 0 spiro atoms. The van der Waals surface area contributed by atoms with Crippen LogP contribution in [-0.2, 0) is 0 Å². The molecule has 1 fully saturated rings. The van der Waals surface area contributed by atoms with Crippen LogP contribution in [0.3, 0.4) is 0 Å². The van der Waals surface area contributed by atoms with Crippen LogP contribution in [0.25, 0.3) is 0 Å². The Morgan fingerprint density at radius 1 is 1.50 bits per heavy atom. The van der Waals surface area contributed by atoms with Crippen molar-refractivity contribution >= 4 is 23.3 Å². The average Bonchev–Trinajstić information content (AvgIpc) is 2.84. The van der Waals surface area contributed by atoms with Gasteiger partial charge in [-0.25, -0.2) is 4.98 Å². The Kier molecular flexibility index (Phi) is 5.24. The molecule has 1 heterocycles.